The van der Waals surface area contributed by atoms with E-state index in [2.05, 4.69) is 6.07 Å². The van der Waals surface area contributed by atoms with Gasteiger partial charge in [-0.2, -0.15) is 5.26 Å². The van der Waals surface area contributed by atoms with Crippen molar-refractivity contribution >= 4 is 28.6 Å². The Morgan fingerprint density at radius 1 is 1.33 bits per heavy atom. The first-order valence-corrected chi connectivity index (χ1v) is 6.82. The van der Waals surface area contributed by atoms with E-state index in [0.29, 0.717) is 5.69 Å². The molecule has 4 nitrogen and oxygen atoms in total. The van der Waals surface area contributed by atoms with E-state index in [9.17, 15) is 10.1 Å². The van der Waals surface area contributed by atoms with Crippen LogP contribution in [0.5, 0.6) is 0 Å². The standard InChI is InChI=1S/C17H14N2O2/c1-2-21-17(20)19-13(11-18)8-9-15-14-6-4-3-5-12(14)7-10-16(15)19/h3-10,13H,2H2,1H3/t13-/m1/s1. The number of rotatable bonds is 1. The van der Waals surface area contributed by atoms with Crippen LogP contribution in [0.4, 0.5) is 10.5 Å². The van der Waals surface area contributed by atoms with Crippen molar-refractivity contribution in [3.8, 4) is 6.07 Å². The van der Waals surface area contributed by atoms with Crippen LogP contribution in [0.15, 0.2) is 42.5 Å². The highest BCUT2D eigenvalue weighted by atomic mass is 16.6. The Balaban J connectivity index is 2.19. The fourth-order valence-electron chi connectivity index (χ4n) is 2.60. The second-order valence-corrected chi connectivity index (χ2v) is 4.72. The molecule has 0 bridgehead atoms. The lowest BCUT2D eigenvalue weighted by Gasteiger charge is -2.29. The molecule has 0 saturated heterocycles. The van der Waals surface area contributed by atoms with Crippen molar-refractivity contribution in [3.05, 3.63) is 48.0 Å². The molecular weight excluding hydrogens is 264 g/mol. The molecule has 4 heteroatoms. The molecule has 3 rings (SSSR count). The van der Waals surface area contributed by atoms with Crippen LogP contribution in [0.25, 0.3) is 16.8 Å². The highest BCUT2D eigenvalue weighted by Crippen LogP contribution is 2.35. The number of benzene rings is 2. The molecule has 1 aliphatic rings. The normalized spacial score (nSPS) is 16.4. The lowest BCUT2D eigenvalue weighted by atomic mass is 9.97. The number of carbonyl (C=O) groups excluding carboxylic acids is 1. The third-order valence-electron chi connectivity index (χ3n) is 3.53. The molecular formula is C17H14N2O2. The van der Waals surface area contributed by atoms with Crippen LogP contribution >= 0.6 is 0 Å². The van der Waals surface area contributed by atoms with Crippen molar-refractivity contribution in [1.29, 1.82) is 5.26 Å². The SMILES string of the molecule is CCOC(=O)N1c2ccc3ccccc3c2C=C[C@@H]1C#N. The number of anilines is 1. The molecule has 0 saturated carbocycles. The molecule has 2 aromatic rings. The predicted molar refractivity (Wildman–Crippen MR) is 81.9 cm³/mol. The number of hydrogen-bond donors (Lipinski definition) is 0. The van der Waals surface area contributed by atoms with Crippen molar-refractivity contribution in [2.75, 3.05) is 11.5 Å². The molecule has 1 atom stereocenters. The number of nitriles is 1. The van der Waals surface area contributed by atoms with Gasteiger partial charge in [0.1, 0.15) is 6.04 Å². The van der Waals surface area contributed by atoms with Crippen molar-refractivity contribution in [3.63, 3.8) is 0 Å². The Hall–Kier alpha value is -2.80. The number of amides is 1. The third-order valence-corrected chi connectivity index (χ3v) is 3.53. The zero-order valence-corrected chi connectivity index (χ0v) is 11.6. The Labute approximate surface area is 122 Å². The number of ether oxygens (including phenoxy) is 1. The lowest BCUT2D eigenvalue weighted by Crippen LogP contribution is -2.40. The first-order valence-electron chi connectivity index (χ1n) is 6.82. The number of carbonyl (C=O) groups is 1. The maximum atomic E-state index is 12.2. The van der Waals surface area contributed by atoms with E-state index in [1.165, 1.54) is 4.90 Å². The predicted octanol–water partition coefficient (Wildman–Crippen LogP) is 3.72. The Morgan fingerprint density at radius 2 is 2.14 bits per heavy atom. The van der Waals surface area contributed by atoms with Gasteiger partial charge in [0.25, 0.3) is 0 Å². The van der Waals surface area contributed by atoms with E-state index in [1.54, 1.807) is 13.0 Å². The van der Waals surface area contributed by atoms with Crippen LogP contribution in [0.3, 0.4) is 0 Å². The van der Waals surface area contributed by atoms with Gasteiger partial charge in [0.05, 0.1) is 18.4 Å². The average Bonchev–Trinajstić information content (AvgIpc) is 2.53. The molecule has 0 unspecified atom stereocenters. The van der Waals surface area contributed by atoms with Gasteiger partial charge >= 0.3 is 6.09 Å². The second-order valence-electron chi connectivity index (χ2n) is 4.72. The molecule has 0 N–H and O–H groups in total. The second kappa shape index (κ2) is 5.29. The molecule has 1 heterocycles. The summed E-state index contributed by atoms with van der Waals surface area (Å²) in [5, 5.41) is 11.4. The Morgan fingerprint density at radius 3 is 2.90 bits per heavy atom. The summed E-state index contributed by atoms with van der Waals surface area (Å²) in [5.74, 6) is 0. The van der Waals surface area contributed by atoms with Crippen LogP contribution in [-0.2, 0) is 4.74 Å². The summed E-state index contributed by atoms with van der Waals surface area (Å²) in [6.45, 7) is 2.03. The molecule has 0 aromatic heterocycles. The summed E-state index contributed by atoms with van der Waals surface area (Å²) in [5.41, 5.74) is 1.65. The number of hydrogen-bond acceptors (Lipinski definition) is 3. The first kappa shape index (κ1) is 13.2. The monoisotopic (exact) mass is 278 g/mol. The summed E-state index contributed by atoms with van der Waals surface area (Å²) in [4.78, 5) is 13.6. The van der Waals surface area contributed by atoms with E-state index >= 15 is 0 Å². The Kier molecular flexibility index (Phi) is 3.33. The molecule has 21 heavy (non-hydrogen) atoms. The summed E-state index contributed by atoms with van der Waals surface area (Å²) < 4.78 is 5.08. The van der Waals surface area contributed by atoms with Crippen molar-refractivity contribution in [2.45, 2.75) is 13.0 Å². The van der Waals surface area contributed by atoms with Crippen LogP contribution in [0.2, 0.25) is 0 Å². The topological polar surface area (TPSA) is 53.3 Å². The van der Waals surface area contributed by atoms with Crippen LogP contribution in [-0.4, -0.2) is 18.7 Å². The fourth-order valence-corrected chi connectivity index (χ4v) is 2.60. The molecule has 0 spiro atoms. The summed E-state index contributed by atoms with van der Waals surface area (Å²) in [6.07, 6.45) is 3.14. The van der Waals surface area contributed by atoms with Gasteiger partial charge in [0.15, 0.2) is 0 Å². The van der Waals surface area contributed by atoms with Crippen LogP contribution in [0.1, 0.15) is 12.5 Å². The van der Waals surface area contributed by atoms with Gasteiger partial charge in [0, 0.05) is 5.56 Å². The van der Waals surface area contributed by atoms with Gasteiger partial charge in [-0.05, 0) is 29.8 Å². The highest BCUT2D eigenvalue weighted by molar-refractivity contribution is 6.03. The summed E-state index contributed by atoms with van der Waals surface area (Å²) in [7, 11) is 0. The quantitative estimate of drug-likeness (QED) is 0.798. The van der Waals surface area contributed by atoms with Crippen LogP contribution < -0.4 is 4.90 Å². The minimum absolute atomic E-state index is 0.278. The zero-order chi connectivity index (χ0) is 14.8. The third kappa shape index (κ3) is 2.13. The van der Waals surface area contributed by atoms with E-state index < -0.39 is 12.1 Å². The fraction of sp³-hybridized carbons (Fsp3) is 0.176. The first-order chi connectivity index (χ1) is 10.3. The van der Waals surface area contributed by atoms with E-state index in [1.807, 2.05) is 42.5 Å². The molecule has 0 radical (unpaired) electrons. The van der Waals surface area contributed by atoms with Crippen molar-refractivity contribution in [1.82, 2.24) is 0 Å². The highest BCUT2D eigenvalue weighted by Gasteiger charge is 2.29. The molecule has 2 aromatic carbocycles. The molecule has 0 aliphatic carbocycles. The van der Waals surface area contributed by atoms with Crippen LogP contribution in [0, 0.1) is 11.3 Å². The van der Waals surface area contributed by atoms with Gasteiger partial charge < -0.3 is 4.74 Å². The number of fused-ring (bicyclic) bond motifs is 3. The van der Waals surface area contributed by atoms with Crippen molar-refractivity contribution in [2.24, 2.45) is 0 Å². The maximum absolute atomic E-state index is 12.2. The van der Waals surface area contributed by atoms with E-state index in [0.717, 1.165) is 16.3 Å². The largest absolute Gasteiger partial charge is 0.449 e. The Bertz CT molecular complexity index is 774. The van der Waals surface area contributed by atoms with Crippen molar-refractivity contribution < 1.29 is 9.53 Å². The molecule has 1 amide bonds. The molecule has 104 valence electrons. The van der Waals surface area contributed by atoms with Gasteiger partial charge in [0.2, 0.25) is 0 Å². The summed E-state index contributed by atoms with van der Waals surface area (Å²) in [6, 6.07) is 13.3. The molecule has 1 aliphatic heterocycles. The number of nitrogens with zero attached hydrogens (tertiary/aromatic N) is 2. The van der Waals surface area contributed by atoms with Gasteiger partial charge in [-0.15, -0.1) is 0 Å². The maximum Gasteiger partial charge on any atom is 0.415 e. The van der Waals surface area contributed by atoms with Gasteiger partial charge in [-0.1, -0.05) is 36.4 Å². The smallest absolute Gasteiger partial charge is 0.415 e. The zero-order valence-electron chi connectivity index (χ0n) is 11.6. The lowest BCUT2D eigenvalue weighted by molar-refractivity contribution is 0.159. The minimum Gasteiger partial charge on any atom is -0.449 e. The molecule has 0 fully saturated rings. The average molecular weight is 278 g/mol. The minimum atomic E-state index is -0.641. The van der Waals surface area contributed by atoms with Gasteiger partial charge in [-0.3, -0.25) is 4.90 Å². The summed E-state index contributed by atoms with van der Waals surface area (Å²) >= 11 is 0. The van der Waals surface area contributed by atoms with E-state index in [4.69, 9.17) is 4.74 Å². The van der Waals surface area contributed by atoms with E-state index in [-0.39, 0.29) is 6.61 Å². The van der Waals surface area contributed by atoms with Gasteiger partial charge in [-0.25, -0.2) is 4.79 Å².